The smallest absolute Gasteiger partial charge is 0.342 e. The van der Waals surface area contributed by atoms with Crippen molar-refractivity contribution in [3.05, 3.63) is 29.1 Å². The van der Waals surface area contributed by atoms with E-state index in [0.29, 0.717) is 18.9 Å². The molecule has 1 unspecified atom stereocenters. The molecule has 0 spiro atoms. The van der Waals surface area contributed by atoms with E-state index in [4.69, 9.17) is 5.73 Å². The predicted octanol–water partition coefficient (Wildman–Crippen LogP) is 4.59. The van der Waals surface area contributed by atoms with Crippen molar-refractivity contribution in [3.8, 4) is 0 Å². The van der Waals surface area contributed by atoms with Crippen molar-refractivity contribution in [3.63, 3.8) is 0 Å². The first-order chi connectivity index (χ1) is 11.1. The highest BCUT2D eigenvalue weighted by Crippen LogP contribution is 2.40. The number of alkyl halides is 6. The van der Waals surface area contributed by atoms with Gasteiger partial charge in [0, 0.05) is 12.0 Å². The molecule has 0 saturated heterocycles. The molecule has 24 heavy (non-hydrogen) atoms. The number of fused-ring (bicyclic) bond motifs is 1. The summed E-state index contributed by atoms with van der Waals surface area (Å²) >= 11 is 0. The number of H-pyrrole nitrogens is 1. The van der Waals surface area contributed by atoms with Crippen molar-refractivity contribution in [2.75, 3.05) is 0 Å². The first-order valence-corrected chi connectivity index (χ1v) is 7.51. The number of hydrogen-bond acceptors (Lipinski definition) is 2. The second kappa shape index (κ2) is 5.65. The Morgan fingerprint density at radius 2 is 1.67 bits per heavy atom. The third kappa shape index (κ3) is 3.09. The molecule has 0 amide bonds. The monoisotopic (exact) mass is 351 g/mol. The van der Waals surface area contributed by atoms with Crippen LogP contribution in [0.5, 0.6) is 0 Å². The molecule has 3 nitrogen and oxygen atoms in total. The van der Waals surface area contributed by atoms with E-state index < -0.39 is 29.0 Å². The molecular formula is C15H15F6N3. The molecule has 9 heteroatoms. The topological polar surface area (TPSA) is 54.7 Å². The molecular weight excluding hydrogens is 336 g/mol. The molecule has 1 aromatic heterocycles. The van der Waals surface area contributed by atoms with Crippen molar-refractivity contribution in [2.24, 2.45) is 5.73 Å². The number of nitrogens with one attached hydrogen (secondary N) is 1. The van der Waals surface area contributed by atoms with Gasteiger partial charge in [-0.05, 0) is 25.0 Å². The minimum absolute atomic E-state index is 0.105. The number of benzene rings is 1. The standard InChI is InChI=1S/C15H15F6N3/c16-14(17,18)7-5-9(15(19,20)21)12-11(6-7)23-13(24-12)8-3-1-2-4-10(8)22/h5-6,8,10H,1-4,22H2,(H,23,24)/t8?,10-/m0/s1. The summed E-state index contributed by atoms with van der Waals surface area (Å²) in [6, 6.07) is 0.499. The summed E-state index contributed by atoms with van der Waals surface area (Å²) in [6.45, 7) is 0. The highest BCUT2D eigenvalue weighted by molar-refractivity contribution is 5.80. The van der Waals surface area contributed by atoms with Crippen LogP contribution in [0.25, 0.3) is 11.0 Å². The lowest BCUT2D eigenvalue weighted by atomic mass is 9.84. The van der Waals surface area contributed by atoms with Gasteiger partial charge in [-0.3, -0.25) is 0 Å². The average molecular weight is 351 g/mol. The van der Waals surface area contributed by atoms with Crippen LogP contribution >= 0.6 is 0 Å². The number of halogens is 6. The number of imidazole rings is 1. The molecule has 2 aromatic rings. The van der Waals surface area contributed by atoms with E-state index in [2.05, 4.69) is 9.97 Å². The number of hydrogen-bond donors (Lipinski definition) is 2. The van der Waals surface area contributed by atoms with Crippen LogP contribution in [0.2, 0.25) is 0 Å². The van der Waals surface area contributed by atoms with Crippen molar-refractivity contribution >= 4 is 11.0 Å². The Bertz CT molecular complexity index is 746. The molecule has 0 radical (unpaired) electrons. The fourth-order valence-corrected chi connectivity index (χ4v) is 3.19. The maximum absolute atomic E-state index is 13.2. The molecule has 132 valence electrons. The average Bonchev–Trinajstić information content (AvgIpc) is 2.88. The normalized spacial score (nSPS) is 23.0. The van der Waals surface area contributed by atoms with Crippen molar-refractivity contribution in [2.45, 2.75) is 50.0 Å². The number of aromatic nitrogens is 2. The lowest BCUT2D eigenvalue weighted by molar-refractivity contribution is -0.142. The quantitative estimate of drug-likeness (QED) is 0.739. The maximum Gasteiger partial charge on any atom is 0.418 e. The molecule has 1 aliphatic rings. The van der Waals surface area contributed by atoms with Gasteiger partial charge in [-0.1, -0.05) is 12.8 Å². The van der Waals surface area contributed by atoms with E-state index in [1.807, 2.05) is 0 Å². The van der Waals surface area contributed by atoms with Crippen LogP contribution in [0.15, 0.2) is 12.1 Å². The Labute approximate surface area is 133 Å². The lowest BCUT2D eigenvalue weighted by Gasteiger charge is -2.26. The van der Waals surface area contributed by atoms with Gasteiger partial charge in [0.1, 0.15) is 11.3 Å². The van der Waals surface area contributed by atoms with Crippen LogP contribution in [0.1, 0.15) is 48.6 Å². The Morgan fingerprint density at radius 1 is 1.00 bits per heavy atom. The van der Waals surface area contributed by atoms with Gasteiger partial charge in [-0.2, -0.15) is 26.3 Å². The summed E-state index contributed by atoms with van der Waals surface area (Å²) in [7, 11) is 0. The van der Waals surface area contributed by atoms with E-state index in [-0.39, 0.29) is 29.4 Å². The molecule has 1 aliphatic carbocycles. The van der Waals surface area contributed by atoms with E-state index in [1.54, 1.807) is 0 Å². The third-order valence-corrected chi connectivity index (χ3v) is 4.41. The number of nitrogens with zero attached hydrogens (tertiary/aromatic N) is 1. The van der Waals surface area contributed by atoms with E-state index >= 15 is 0 Å². The minimum Gasteiger partial charge on any atom is -0.342 e. The third-order valence-electron chi connectivity index (χ3n) is 4.41. The summed E-state index contributed by atoms with van der Waals surface area (Å²) in [5.74, 6) is -0.0522. The number of rotatable bonds is 1. The van der Waals surface area contributed by atoms with Crippen molar-refractivity contribution < 1.29 is 26.3 Å². The molecule has 1 fully saturated rings. The Morgan fingerprint density at radius 3 is 2.25 bits per heavy atom. The highest BCUT2D eigenvalue weighted by atomic mass is 19.4. The SMILES string of the molecule is N[C@H]1CCCCC1c1nc2c(C(F)(F)F)cc(C(F)(F)F)cc2[nH]1. The minimum atomic E-state index is -4.93. The van der Waals surface area contributed by atoms with Gasteiger partial charge in [0.05, 0.1) is 16.6 Å². The molecule has 1 aromatic carbocycles. The Kier molecular flexibility index (Phi) is 4.01. The molecule has 1 saturated carbocycles. The highest BCUT2D eigenvalue weighted by Gasteiger charge is 2.39. The maximum atomic E-state index is 13.2. The number of nitrogens with two attached hydrogens (primary N) is 1. The summed E-state index contributed by atoms with van der Waals surface area (Å²) < 4.78 is 78.2. The molecule has 0 aliphatic heterocycles. The van der Waals surface area contributed by atoms with E-state index in [1.165, 1.54) is 0 Å². The van der Waals surface area contributed by atoms with Gasteiger partial charge in [0.25, 0.3) is 0 Å². The first kappa shape index (κ1) is 17.1. The van der Waals surface area contributed by atoms with Gasteiger partial charge in [-0.25, -0.2) is 4.98 Å². The van der Waals surface area contributed by atoms with E-state index in [0.717, 1.165) is 12.8 Å². The van der Waals surface area contributed by atoms with Crippen LogP contribution in [-0.4, -0.2) is 16.0 Å². The van der Waals surface area contributed by atoms with Crippen LogP contribution in [0.4, 0.5) is 26.3 Å². The zero-order chi connectivity index (χ0) is 17.7. The van der Waals surface area contributed by atoms with Crippen molar-refractivity contribution in [1.29, 1.82) is 0 Å². The molecule has 3 N–H and O–H groups in total. The fraction of sp³-hybridized carbons (Fsp3) is 0.533. The second-order valence-electron chi connectivity index (χ2n) is 6.09. The molecule has 3 rings (SSSR count). The van der Waals surface area contributed by atoms with Crippen LogP contribution < -0.4 is 5.73 Å². The van der Waals surface area contributed by atoms with Crippen LogP contribution in [0.3, 0.4) is 0 Å². The summed E-state index contributed by atoms with van der Waals surface area (Å²) in [5.41, 5.74) is 2.48. The molecule has 1 heterocycles. The summed E-state index contributed by atoms with van der Waals surface area (Å²) in [5, 5.41) is 0. The Balaban J connectivity index is 2.17. The molecule has 0 bridgehead atoms. The molecule has 2 atom stereocenters. The van der Waals surface area contributed by atoms with Crippen molar-refractivity contribution in [1.82, 2.24) is 9.97 Å². The van der Waals surface area contributed by atoms with Gasteiger partial charge in [0.15, 0.2) is 0 Å². The number of aromatic amines is 1. The van der Waals surface area contributed by atoms with E-state index in [9.17, 15) is 26.3 Å². The van der Waals surface area contributed by atoms with Gasteiger partial charge < -0.3 is 10.7 Å². The van der Waals surface area contributed by atoms with Crippen LogP contribution in [-0.2, 0) is 12.4 Å². The summed E-state index contributed by atoms with van der Waals surface area (Å²) in [4.78, 5) is 6.58. The van der Waals surface area contributed by atoms with Gasteiger partial charge in [0.2, 0.25) is 0 Å². The van der Waals surface area contributed by atoms with Gasteiger partial charge >= 0.3 is 12.4 Å². The Hall–Kier alpha value is -1.77. The predicted molar refractivity (Wildman–Crippen MR) is 75.3 cm³/mol. The second-order valence-corrected chi connectivity index (χ2v) is 6.09. The first-order valence-electron chi connectivity index (χ1n) is 7.51. The zero-order valence-corrected chi connectivity index (χ0v) is 12.4. The lowest BCUT2D eigenvalue weighted by Crippen LogP contribution is -2.31. The zero-order valence-electron chi connectivity index (χ0n) is 12.4. The van der Waals surface area contributed by atoms with Gasteiger partial charge in [-0.15, -0.1) is 0 Å². The van der Waals surface area contributed by atoms with Crippen LogP contribution in [0, 0.1) is 0 Å². The summed E-state index contributed by atoms with van der Waals surface area (Å²) in [6.07, 6.45) is -6.67. The largest absolute Gasteiger partial charge is 0.418 e. The fourth-order valence-electron chi connectivity index (χ4n) is 3.19.